The number of aromatic carboxylic acids is 1. The Kier molecular flexibility index (Phi) is 3.38. The van der Waals surface area contributed by atoms with E-state index in [0.29, 0.717) is 0 Å². The summed E-state index contributed by atoms with van der Waals surface area (Å²) in [6.45, 7) is 0. The maximum atomic E-state index is 11.9. The first-order valence-electron chi connectivity index (χ1n) is 4.98. The number of pyridine rings is 1. The minimum Gasteiger partial charge on any atom is -0.478 e. The van der Waals surface area contributed by atoms with Crippen molar-refractivity contribution < 1.29 is 18.3 Å². The Hall–Kier alpha value is -2.55. The van der Waals surface area contributed by atoms with Crippen LogP contribution in [0.25, 0.3) is 0 Å². The third-order valence-corrected chi connectivity index (χ3v) is 3.29. The summed E-state index contributed by atoms with van der Waals surface area (Å²) in [7, 11) is -3.93. The van der Waals surface area contributed by atoms with Gasteiger partial charge in [-0.1, -0.05) is 0 Å². The largest absolute Gasteiger partial charge is 0.478 e. The number of nitrogens with zero attached hydrogens (tertiary/aromatic N) is 3. The molecule has 0 aliphatic carbocycles. The minimum atomic E-state index is -3.93. The first kappa shape index (κ1) is 12.9. The summed E-state index contributed by atoms with van der Waals surface area (Å²) in [6.07, 6.45) is 3.72. The number of carboxylic acid groups (broad SMARTS) is 1. The number of anilines is 1. The van der Waals surface area contributed by atoms with Crippen LogP contribution in [0.5, 0.6) is 0 Å². The van der Waals surface area contributed by atoms with Crippen LogP contribution in [0.4, 0.5) is 5.95 Å². The fraction of sp³-hybridized carbons (Fsp3) is 0. The van der Waals surface area contributed by atoms with Crippen molar-refractivity contribution in [1.29, 1.82) is 0 Å². The molecule has 2 N–H and O–H groups in total. The number of rotatable bonds is 4. The summed E-state index contributed by atoms with van der Waals surface area (Å²) < 4.78 is 25.9. The van der Waals surface area contributed by atoms with E-state index in [1.165, 1.54) is 18.5 Å². The van der Waals surface area contributed by atoms with Gasteiger partial charge >= 0.3 is 5.97 Å². The van der Waals surface area contributed by atoms with Gasteiger partial charge < -0.3 is 5.11 Å². The minimum absolute atomic E-state index is 0.0911. The molecule has 0 saturated heterocycles. The topological polar surface area (TPSA) is 122 Å². The summed E-state index contributed by atoms with van der Waals surface area (Å²) in [5, 5.41) is 8.37. The lowest BCUT2D eigenvalue weighted by Gasteiger charge is -2.05. The van der Waals surface area contributed by atoms with Crippen LogP contribution in [0, 0.1) is 0 Å². The van der Waals surface area contributed by atoms with Crippen LogP contribution >= 0.6 is 0 Å². The molecule has 2 aromatic rings. The number of aromatic nitrogens is 3. The van der Waals surface area contributed by atoms with Crippen molar-refractivity contribution >= 4 is 21.9 Å². The number of carboxylic acids is 1. The average Bonchev–Trinajstić information content (AvgIpc) is 2.39. The van der Waals surface area contributed by atoms with E-state index >= 15 is 0 Å². The van der Waals surface area contributed by atoms with Crippen LogP contribution in [0.3, 0.4) is 0 Å². The molecular formula is C10H8N4O4S. The fourth-order valence-corrected chi connectivity index (χ4v) is 2.08. The predicted octanol–water partition coefficient (Wildman–Crippen LogP) is 0.371. The van der Waals surface area contributed by atoms with E-state index in [9.17, 15) is 13.2 Å². The van der Waals surface area contributed by atoms with Crippen molar-refractivity contribution in [3.8, 4) is 0 Å². The molecule has 2 rings (SSSR count). The van der Waals surface area contributed by atoms with Gasteiger partial charge in [-0.3, -0.25) is 0 Å². The first-order valence-corrected chi connectivity index (χ1v) is 6.46. The maximum Gasteiger partial charge on any atom is 0.337 e. The molecular weight excluding hydrogens is 272 g/mol. The maximum absolute atomic E-state index is 11.9. The highest BCUT2D eigenvalue weighted by molar-refractivity contribution is 7.92. The molecule has 0 aliphatic heterocycles. The monoisotopic (exact) mass is 280 g/mol. The van der Waals surface area contributed by atoms with E-state index in [2.05, 4.69) is 19.7 Å². The summed E-state index contributed by atoms with van der Waals surface area (Å²) in [4.78, 5) is 21.6. The van der Waals surface area contributed by atoms with Gasteiger partial charge in [-0.05, 0) is 18.2 Å². The lowest BCUT2D eigenvalue weighted by atomic mass is 10.3. The second-order valence-corrected chi connectivity index (χ2v) is 5.00. The molecule has 8 nitrogen and oxygen atoms in total. The second kappa shape index (κ2) is 4.98. The Labute approximate surface area is 108 Å². The van der Waals surface area contributed by atoms with E-state index in [4.69, 9.17) is 5.11 Å². The molecule has 0 saturated carbocycles. The Morgan fingerprint density at radius 1 is 1.16 bits per heavy atom. The molecule has 0 atom stereocenters. The Bertz CT molecular complexity index is 685. The summed E-state index contributed by atoms with van der Waals surface area (Å²) in [5.74, 6) is -1.28. The van der Waals surface area contributed by atoms with E-state index in [0.717, 1.165) is 18.3 Å². The molecule has 2 heterocycles. The van der Waals surface area contributed by atoms with Gasteiger partial charge in [-0.25, -0.2) is 24.5 Å². The molecule has 9 heteroatoms. The second-order valence-electron chi connectivity index (χ2n) is 3.37. The van der Waals surface area contributed by atoms with Gasteiger partial charge in [0, 0.05) is 18.6 Å². The van der Waals surface area contributed by atoms with Gasteiger partial charge in [0.15, 0.2) is 5.03 Å². The van der Waals surface area contributed by atoms with Crippen molar-refractivity contribution in [2.24, 2.45) is 0 Å². The highest BCUT2D eigenvalue weighted by Gasteiger charge is 2.17. The van der Waals surface area contributed by atoms with Crippen molar-refractivity contribution in [3.05, 3.63) is 42.4 Å². The molecule has 0 aromatic carbocycles. The van der Waals surface area contributed by atoms with Crippen molar-refractivity contribution in [3.63, 3.8) is 0 Å². The van der Waals surface area contributed by atoms with E-state index in [1.54, 1.807) is 0 Å². The first-order chi connectivity index (χ1) is 8.99. The zero-order chi connectivity index (χ0) is 13.9. The van der Waals surface area contributed by atoms with Gasteiger partial charge in [0.2, 0.25) is 5.95 Å². The third-order valence-electron chi connectivity index (χ3n) is 2.05. The van der Waals surface area contributed by atoms with Crippen LogP contribution in [0.2, 0.25) is 0 Å². The van der Waals surface area contributed by atoms with E-state index in [-0.39, 0.29) is 16.5 Å². The smallest absolute Gasteiger partial charge is 0.337 e. The number of sulfonamides is 1. The van der Waals surface area contributed by atoms with Crippen LogP contribution in [-0.2, 0) is 10.0 Å². The highest BCUT2D eigenvalue weighted by Crippen LogP contribution is 2.10. The van der Waals surface area contributed by atoms with Crippen LogP contribution in [-0.4, -0.2) is 34.4 Å². The van der Waals surface area contributed by atoms with Gasteiger partial charge in [0.05, 0.1) is 5.56 Å². The fourth-order valence-electron chi connectivity index (χ4n) is 1.19. The normalized spacial score (nSPS) is 10.9. The van der Waals surface area contributed by atoms with Gasteiger partial charge in [-0.15, -0.1) is 0 Å². The van der Waals surface area contributed by atoms with Crippen LogP contribution < -0.4 is 4.72 Å². The van der Waals surface area contributed by atoms with Gasteiger partial charge in [0.1, 0.15) is 0 Å². The molecule has 2 aromatic heterocycles. The van der Waals surface area contributed by atoms with Crippen molar-refractivity contribution in [1.82, 2.24) is 15.0 Å². The number of hydrogen-bond donors (Lipinski definition) is 2. The molecule has 0 amide bonds. The molecule has 0 unspecified atom stereocenters. The van der Waals surface area contributed by atoms with Crippen LogP contribution in [0.15, 0.2) is 41.8 Å². The Morgan fingerprint density at radius 2 is 1.84 bits per heavy atom. The zero-order valence-corrected chi connectivity index (χ0v) is 10.2. The molecule has 98 valence electrons. The number of hydrogen-bond acceptors (Lipinski definition) is 6. The van der Waals surface area contributed by atoms with E-state index < -0.39 is 16.0 Å². The summed E-state index contributed by atoms with van der Waals surface area (Å²) >= 11 is 0. The van der Waals surface area contributed by atoms with Crippen molar-refractivity contribution in [2.45, 2.75) is 5.03 Å². The summed E-state index contributed by atoms with van der Waals surface area (Å²) in [5.41, 5.74) is -0.102. The van der Waals surface area contributed by atoms with Crippen LogP contribution in [0.1, 0.15) is 10.4 Å². The van der Waals surface area contributed by atoms with Gasteiger partial charge in [-0.2, -0.15) is 8.42 Å². The molecule has 0 spiro atoms. The Balaban J connectivity index is 2.27. The molecule has 0 aliphatic rings. The standard InChI is InChI=1S/C10H8N4O4S/c15-9(16)7-2-3-8(13-6-7)19(17,18)14-10-11-4-1-5-12-10/h1-6H,(H,15,16)(H,11,12,14). The third kappa shape index (κ3) is 3.01. The molecule has 0 radical (unpaired) electrons. The number of nitrogens with one attached hydrogen (secondary N) is 1. The molecule has 19 heavy (non-hydrogen) atoms. The van der Waals surface area contributed by atoms with Crippen molar-refractivity contribution in [2.75, 3.05) is 4.72 Å². The highest BCUT2D eigenvalue weighted by atomic mass is 32.2. The quantitative estimate of drug-likeness (QED) is 0.829. The lowest BCUT2D eigenvalue weighted by molar-refractivity contribution is 0.0696. The van der Waals surface area contributed by atoms with Gasteiger partial charge in [0.25, 0.3) is 10.0 Å². The number of carbonyl (C=O) groups is 1. The average molecular weight is 280 g/mol. The SMILES string of the molecule is O=C(O)c1ccc(S(=O)(=O)Nc2ncccn2)nc1. The molecule has 0 fully saturated rings. The van der Waals surface area contributed by atoms with E-state index in [1.807, 2.05) is 0 Å². The molecule has 0 bridgehead atoms. The Morgan fingerprint density at radius 3 is 2.37 bits per heavy atom. The summed E-state index contributed by atoms with van der Waals surface area (Å²) in [6, 6.07) is 3.78. The predicted molar refractivity (Wildman–Crippen MR) is 64.0 cm³/mol. The lowest BCUT2D eigenvalue weighted by Crippen LogP contribution is -2.16. The zero-order valence-electron chi connectivity index (χ0n) is 9.39.